The average molecular weight is 659 g/mol. The highest BCUT2D eigenvalue weighted by Gasteiger charge is 2.52. The Morgan fingerprint density at radius 2 is 0.788 bits per heavy atom. The number of hydrogen-bond acceptors (Lipinski definition) is 1. The first-order chi connectivity index (χ1) is 25.9. The van der Waals surface area contributed by atoms with Crippen LogP contribution in [0.1, 0.15) is 16.9 Å². The van der Waals surface area contributed by atoms with Crippen LogP contribution in [0.3, 0.4) is 0 Å². The molecule has 12 rings (SSSR count). The van der Waals surface area contributed by atoms with Crippen LogP contribution in [0.5, 0.6) is 0 Å². The molecule has 2 nitrogen and oxygen atoms in total. The van der Waals surface area contributed by atoms with Crippen LogP contribution in [0, 0.1) is 0 Å². The standard InChI is InChI=1S/C49H31BN2/c1-2-18-34-31(15-1)33-17-4-7-21-37(33)41-26-13-29-45-47(41)48(42-25-10-9-22-38(34)42)50-51(45)46-30-14-27-43-39-23-8-5-19-35(39)32-16-3-6-20-36(32)40-24-11-12-28-44(40)52(50)49(43)46/h1-30,48H. The number of fused-ring (bicyclic) bond motifs is 19. The second kappa shape index (κ2) is 10.5. The molecule has 8 aromatic carbocycles. The van der Waals surface area contributed by atoms with E-state index in [2.05, 4.69) is 191 Å². The Morgan fingerprint density at radius 3 is 1.48 bits per heavy atom. The van der Waals surface area contributed by atoms with Gasteiger partial charge in [0, 0.05) is 27.8 Å². The Morgan fingerprint density at radius 1 is 0.346 bits per heavy atom. The predicted molar refractivity (Wildman–Crippen MR) is 220 cm³/mol. The van der Waals surface area contributed by atoms with E-state index in [1.807, 2.05) is 0 Å². The van der Waals surface area contributed by atoms with E-state index in [1.54, 1.807) is 0 Å². The normalized spacial score (nSPS) is 14.7. The number of rotatable bonds is 0. The van der Waals surface area contributed by atoms with E-state index < -0.39 is 0 Å². The zero-order valence-electron chi connectivity index (χ0n) is 28.4. The zero-order chi connectivity index (χ0) is 33.9. The Balaban J connectivity index is 1.33. The van der Waals surface area contributed by atoms with Gasteiger partial charge in [-0.05, 0) is 84.3 Å². The summed E-state index contributed by atoms with van der Waals surface area (Å²) in [5.74, 6) is 0.0427. The van der Waals surface area contributed by atoms with Crippen molar-refractivity contribution in [3.8, 4) is 33.4 Å². The fourth-order valence-corrected chi connectivity index (χ4v) is 9.95. The van der Waals surface area contributed by atoms with Crippen LogP contribution < -0.4 is 4.81 Å². The van der Waals surface area contributed by atoms with Gasteiger partial charge in [-0.3, -0.25) is 0 Å². The Kier molecular flexibility index (Phi) is 5.67. The van der Waals surface area contributed by atoms with Gasteiger partial charge in [0.15, 0.2) is 0 Å². The van der Waals surface area contributed by atoms with Gasteiger partial charge in [-0.1, -0.05) is 164 Å². The molecule has 1 atom stereocenters. The lowest BCUT2D eigenvalue weighted by molar-refractivity contribution is 1.10. The minimum atomic E-state index is -0.0375. The van der Waals surface area contributed by atoms with Crippen LogP contribution in [-0.2, 0) is 0 Å². The van der Waals surface area contributed by atoms with E-state index in [4.69, 9.17) is 0 Å². The first kappa shape index (κ1) is 28.2. The van der Waals surface area contributed by atoms with Gasteiger partial charge in [0.1, 0.15) is 0 Å². The van der Waals surface area contributed by atoms with Gasteiger partial charge in [0.05, 0.1) is 11.2 Å². The van der Waals surface area contributed by atoms with Crippen LogP contribution in [-0.4, -0.2) is 11.5 Å². The van der Waals surface area contributed by atoms with Crippen molar-refractivity contribution in [2.24, 2.45) is 0 Å². The predicted octanol–water partition coefficient (Wildman–Crippen LogP) is 12.7. The first-order valence-corrected chi connectivity index (χ1v) is 18.3. The molecule has 0 fully saturated rings. The largest absolute Gasteiger partial charge is 0.397 e. The second-order valence-electron chi connectivity index (χ2n) is 14.3. The molecule has 2 aliphatic heterocycles. The highest BCUT2D eigenvalue weighted by atomic mass is 15.2. The van der Waals surface area contributed by atoms with Gasteiger partial charge in [-0.2, -0.15) is 0 Å². The number of para-hydroxylation sites is 2. The summed E-state index contributed by atoms with van der Waals surface area (Å²) in [4.78, 5) is 2.67. The molecule has 1 unspecified atom stereocenters. The summed E-state index contributed by atoms with van der Waals surface area (Å²) < 4.78 is 2.71. The van der Waals surface area contributed by atoms with Crippen molar-refractivity contribution in [2.75, 3.05) is 4.81 Å². The van der Waals surface area contributed by atoms with Gasteiger partial charge in [0.25, 0.3) is 0 Å². The number of hydrogen-bond donors (Lipinski definition) is 0. The first-order valence-electron chi connectivity index (χ1n) is 18.3. The van der Waals surface area contributed by atoms with E-state index in [9.17, 15) is 0 Å². The quantitative estimate of drug-likeness (QED) is 0.147. The SMILES string of the molecule is c1ccc2c(c1)-c1ccccc1-c1cccc3c1C(B1N3c3cccc4c5ccccc5c5ccccc5c5ccccc5n1c34)c1ccccc1-2. The molecule has 0 N–H and O–H groups in total. The molecule has 3 heteroatoms. The van der Waals surface area contributed by atoms with Gasteiger partial charge < -0.3 is 9.29 Å². The third-order valence-corrected chi connectivity index (χ3v) is 11.9. The maximum Gasteiger partial charge on any atom is 0.397 e. The smallest absolute Gasteiger partial charge is 0.363 e. The minimum Gasteiger partial charge on any atom is -0.363 e. The lowest BCUT2D eigenvalue weighted by Gasteiger charge is -2.25. The van der Waals surface area contributed by atoms with Gasteiger partial charge in [-0.25, -0.2) is 0 Å². The van der Waals surface area contributed by atoms with Crippen molar-refractivity contribution in [3.05, 3.63) is 193 Å². The highest BCUT2D eigenvalue weighted by molar-refractivity contribution is 6.72. The Bertz CT molecular complexity index is 3060. The van der Waals surface area contributed by atoms with Crippen LogP contribution in [0.4, 0.5) is 11.4 Å². The monoisotopic (exact) mass is 658 g/mol. The molecule has 0 radical (unpaired) electrons. The number of benzene rings is 8. The van der Waals surface area contributed by atoms with Crippen molar-refractivity contribution >= 4 is 61.7 Å². The van der Waals surface area contributed by atoms with Crippen molar-refractivity contribution in [1.29, 1.82) is 0 Å². The zero-order valence-corrected chi connectivity index (χ0v) is 28.4. The molecule has 0 spiro atoms. The lowest BCUT2D eigenvalue weighted by atomic mass is 9.57. The summed E-state index contributed by atoms with van der Waals surface area (Å²) in [7, 11) is 0. The van der Waals surface area contributed by atoms with E-state index in [1.165, 1.54) is 99.2 Å². The number of aromatic nitrogens is 1. The number of anilines is 2. The maximum absolute atomic E-state index is 2.71. The Labute approximate surface area is 302 Å². The third-order valence-electron chi connectivity index (χ3n) is 11.9. The van der Waals surface area contributed by atoms with Crippen molar-refractivity contribution in [1.82, 2.24) is 4.48 Å². The van der Waals surface area contributed by atoms with Gasteiger partial charge in [-0.15, -0.1) is 0 Å². The summed E-state index contributed by atoms with van der Waals surface area (Å²) in [6.07, 6.45) is 0. The molecule has 0 saturated carbocycles. The summed E-state index contributed by atoms with van der Waals surface area (Å²) in [5.41, 5.74) is 15.5. The third kappa shape index (κ3) is 3.60. The van der Waals surface area contributed by atoms with Gasteiger partial charge in [0.2, 0.25) is 0 Å². The van der Waals surface area contributed by atoms with E-state index in [0.717, 1.165) is 0 Å². The van der Waals surface area contributed by atoms with Crippen molar-refractivity contribution < 1.29 is 0 Å². The van der Waals surface area contributed by atoms with E-state index in [-0.39, 0.29) is 12.8 Å². The topological polar surface area (TPSA) is 8.17 Å². The van der Waals surface area contributed by atoms with Crippen LogP contribution >= 0.6 is 0 Å². The number of nitrogens with zero attached hydrogens (tertiary/aromatic N) is 2. The molecule has 3 heterocycles. The fraction of sp³-hybridized carbons (Fsp3) is 0.0204. The van der Waals surface area contributed by atoms with E-state index in [0.29, 0.717) is 0 Å². The molecule has 3 aliphatic rings. The molecule has 0 saturated heterocycles. The molecule has 52 heavy (non-hydrogen) atoms. The van der Waals surface area contributed by atoms with Crippen molar-refractivity contribution in [2.45, 2.75) is 5.82 Å². The minimum absolute atomic E-state index is 0.0375. The van der Waals surface area contributed by atoms with E-state index >= 15 is 0 Å². The molecule has 240 valence electrons. The summed E-state index contributed by atoms with van der Waals surface area (Å²) in [6, 6.07) is 68.2. The molecular formula is C49H31BN2. The van der Waals surface area contributed by atoms with Gasteiger partial charge >= 0.3 is 6.98 Å². The fourth-order valence-electron chi connectivity index (χ4n) is 9.95. The summed E-state index contributed by atoms with van der Waals surface area (Å²) in [6.45, 7) is -0.0375. The molecule has 9 aromatic rings. The molecule has 1 aliphatic carbocycles. The average Bonchev–Trinajstić information content (AvgIpc) is 3.75. The molecule has 0 amide bonds. The Hall–Kier alpha value is -6.58. The van der Waals surface area contributed by atoms with Crippen LogP contribution in [0.15, 0.2) is 182 Å². The summed E-state index contributed by atoms with van der Waals surface area (Å²) in [5, 5.41) is 7.56. The lowest BCUT2D eigenvalue weighted by Crippen LogP contribution is -2.39. The molecule has 1 aromatic heterocycles. The molecule has 0 bridgehead atoms. The summed E-state index contributed by atoms with van der Waals surface area (Å²) >= 11 is 0. The van der Waals surface area contributed by atoms with Crippen molar-refractivity contribution in [3.63, 3.8) is 0 Å². The molecular weight excluding hydrogens is 627 g/mol. The van der Waals surface area contributed by atoms with Crippen LogP contribution in [0.25, 0.3) is 76.7 Å². The van der Waals surface area contributed by atoms with Crippen LogP contribution in [0.2, 0.25) is 0 Å². The second-order valence-corrected chi connectivity index (χ2v) is 14.3. The highest BCUT2D eigenvalue weighted by Crippen LogP contribution is 2.58. The maximum atomic E-state index is 2.71.